The lowest BCUT2D eigenvalue weighted by atomic mass is 9.65. The fourth-order valence-corrected chi connectivity index (χ4v) is 6.82. The van der Waals surface area contributed by atoms with Crippen LogP contribution in [0.4, 0.5) is 5.82 Å². The largest absolute Gasteiger partial charge is 0.485 e. The summed E-state index contributed by atoms with van der Waals surface area (Å²) in [5.74, 6) is 2.11. The molecule has 3 heterocycles. The molecular formula is C28H34Cl3N3O3. The van der Waals surface area contributed by atoms with E-state index in [1.165, 1.54) is 12.8 Å². The minimum atomic E-state index is -0.662. The number of nitrogens with zero attached hydrogens (tertiary/aromatic N) is 3. The first kappa shape index (κ1) is 26.9. The first-order chi connectivity index (χ1) is 17.5. The highest BCUT2D eigenvalue weighted by Crippen LogP contribution is 2.45. The van der Waals surface area contributed by atoms with Crippen molar-refractivity contribution in [2.45, 2.75) is 58.6 Å². The zero-order valence-corrected chi connectivity index (χ0v) is 23.8. The summed E-state index contributed by atoms with van der Waals surface area (Å²) >= 11 is 19.0. The summed E-state index contributed by atoms with van der Waals surface area (Å²) in [5.41, 5.74) is 1.12. The normalized spacial score (nSPS) is 27.4. The van der Waals surface area contributed by atoms with Gasteiger partial charge in [-0.15, -0.1) is 0 Å². The molecule has 1 aromatic heterocycles. The SMILES string of the molecule is Cc1c(O[C@H](C)c2ccc(Cl)cc2Cl)cc(N2CC([C@H]3CCCN(C4CC(C)(C(=O)O)C4)C3)C2)nc1Cl. The van der Waals surface area contributed by atoms with Crippen molar-refractivity contribution in [3.05, 3.63) is 50.6 Å². The number of ether oxygens (including phenoxy) is 1. The van der Waals surface area contributed by atoms with Gasteiger partial charge in [-0.3, -0.25) is 4.79 Å². The van der Waals surface area contributed by atoms with E-state index in [0.717, 1.165) is 56.0 Å². The van der Waals surface area contributed by atoms with Gasteiger partial charge in [-0.2, -0.15) is 0 Å². The van der Waals surface area contributed by atoms with Crippen LogP contribution < -0.4 is 9.64 Å². The molecule has 1 saturated carbocycles. The van der Waals surface area contributed by atoms with Crippen LogP contribution in [0.2, 0.25) is 15.2 Å². The maximum absolute atomic E-state index is 11.5. The molecule has 0 radical (unpaired) electrons. The molecule has 2 atom stereocenters. The molecule has 2 saturated heterocycles. The third-order valence-corrected chi connectivity index (χ3v) is 9.58. The third-order valence-electron chi connectivity index (χ3n) is 8.65. The van der Waals surface area contributed by atoms with Crippen molar-refractivity contribution in [2.24, 2.45) is 17.3 Å². The minimum Gasteiger partial charge on any atom is -0.485 e. The smallest absolute Gasteiger partial charge is 0.309 e. The highest BCUT2D eigenvalue weighted by Gasteiger charge is 2.49. The van der Waals surface area contributed by atoms with Crippen LogP contribution in [0.3, 0.4) is 0 Å². The molecule has 200 valence electrons. The van der Waals surface area contributed by atoms with E-state index >= 15 is 0 Å². The number of hydrogen-bond acceptors (Lipinski definition) is 5. The Balaban J connectivity index is 1.20. The number of aliphatic carboxylic acids is 1. The molecule has 0 unspecified atom stereocenters. The average Bonchev–Trinajstić information content (AvgIpc) is 2.79. The van der Waals surface area contributed by atoms with E-state index in [4.69, 9.17) is 39.5 Å². The molecule has 1 N–H and O–H groups in total. The lowest BCUT2D eigenvalue weighted by molar-refractivity contribution is -0.158. The first-order valence-corrected chi connectivity index (χ1v) is 14.2. The van der Waals surface area contributed by atoms with E-state index in [1.807, 2.05) is 39.0 Å². The number of likely N-dealkylation sites (tertiary alicyclic amines) is 1. The van der Waals surface area contributed by atoms with Crippen LogP contribution >= 0.6 is 34.8 Å². The number of hydrogen-bond donors (Lipinski definition) is 1. The molecule has 5 rings (SSSR count). The van der Waals surface area contributed by atoms with Crippen LogP contribution in [-0.2, 0) is 4.79 Å². The number of carboxylic acid groups (broad SMARTS) is 1. The molecule has 0 spiro atoms. The van der Waals surface area contributed by atoms with Crippen molar-refractivity contribution >= 4 is 46.6 Å². The van der Waals surface area contributed by atoms with Gasteiger partial charge in [-0.25, -0.2) is 4.98 Å². The maximum atomic E-state index is 11.5. The summed E-state index contributed by atoms with van der Waals surface area (Å²) in [6, 6.07) is 7.80. The molecule has 2 aromatic rings. The van der Waals surface area contributed by atoms with E-state index in [1.54, 1.807) is 6.07 Å². The van der Waals surface area contributed by atoms with E-state index in [9.17, 15) is 9.90 Å². The summed E-state index contributed by atoms with van der Waals surface area (Å²) in [6.45, 7) is 9.78. The Bertz CT molecular complexity index is 1180. The molecular weight excluding hydrogens is 533 g/mol. The van der Waals surface area contributed by atoms with Gasteiger partial charge < -0.3 is 19.6 Å². The van der Waals surface area contributed by atoms with Gasteiger partial charge in [0.2, 0.25) is 0 Å². The van der Waals surface area contributed by atoms with Crippen LogP contribution in [0.5, 0.6) is 5.75 Å². The third kappa shape index (κ3) is 5.40. The number of piperidine rings is 1. The molecule has 9 heteroatoms. The molecule has 37 heavy (non-hydrogen) atoms. The van der Waals surface area contributed by atoms with Crippen LogP contribution in [0.15, 0.2) is 24.3 Å². The van der Waals surface area contributed by atoms with Crippen LogP contribution in [0.1, 0.15) is 56.8 Å². The van der Waals surface area contributed by atoms with Gasteiger partial charge in [0.25, 0.3) is 0 Å². The summed E-state index contributed by atoms with van der Waals surface area (Å²) in [7, 11) is 0. The summed E-state index contributed by atoms with van der Waals surface area (Å²) in [5, 5.41) is 11.1. The second kappa shape index (κ2) is 10.4. The topological polar surface area (TPSA) is 65.9 Å². The number of carboxylic acids is 1. The number of aromatic nitrogens is 1. The first-order valence-electron chi connectivity index (χ1n) is 13.0. The Morgan fingerprint density at radius 1 is 1.16 bits per heavy atom. The van der Waals surface area contributed by atoms with Crippen molar-refractivity contribution in [1.82, 2.24) is 9.88 Å². The second-order valence-electron chi connectivity index (χ2n) is 11.3. The fourth-order valence-electron chi connectivity index (χ4n) is 6.08. The number of benzene rings is 1. The van der Waals surface area contributed by atoms with Crippen molar-refractivity contribution in [3.8, 4) is 5.75 Å². The van der Waals surface area contributed by atoms with Crippen LogP contribution in [0, 0.1) is 24.2 Å². The number of halogens is 3. The maximum Gasteiger partial charge on any atom is 0.309 e. The molecule has 0 amide bonds. The van der Waals surface area contributed by atoms with Gasteiger partial charge in [0, 0.05) is 52.9 Å². The van der Waals surface area contributed by atoms with Crippen molar-refractivity contribution < 1.29 is 14.6 Å². The monoisotopic (exact) mass is 565 g/mol. The predicted octanol–water partition coefficient (Wildman–Crippen LogP) is 6.89. The Labute approximate surface area is 233 Å². The lowest BCUT2D eigenvalue weighted by Gasteiger charge is -2.52. The molecule has 1 aliphatic carbocycles. The minimum absolute atomic E-state index is 0.276. The van der Waals surface area contributed by atoms with Crippen LogP contribution in [-0.4, -0.2) is 53.2 Å². The Hall–Kier alpha value is -1.73. The summed E-state index contributed by atoms with van der Waals surface area (Å²) in [4.78, 5) is 21.0. The number of rotatable bonds is 7. The fraction of sp³-hybridized carbons (Fsp3) is 0.571. The summed E-state index contributed by atoms with van der Waals surface area (Å²) < 4.78 is 6.30. The summed E-state index contributed by atoms with van der Waals surface area (Å²) in [6.07, 6.45) is 3.66. The van der Waals surface area contributed by atoms with Gasteiger partial charge in [0.15, 0.2) is 0 Å². The van der Waals surface area contributed by atoms with E-state index in [2.05, 4.69) is 14.8 Å². The molecule has 3 aliphatic rings. The van der Waals surface area contributed by atoms with Gasteiger partial charge in [-0.05, 0) is 77.0 Å². The van der Waals surface area contributed by atoms with Crippen LogP contribution in [0.25, 0.3) is 0 Å². The average molecular weight is 567 g/mol. The van der Waals surface area contributed by atoms with Gasteiger partial charge in [-0.1, -0.05) is 40.9 Å². The standard InChI is InChI=1S/C28H34Cl3N3O3/c1-16-24(37-17(2)22-7-6-20(29)9-23(22)30)10-25(32-26(16)31)34-14-19(15-34)18-5-4-8-33(13-18)21-11-28(3,12-21)27(35)36/h6-7,9-10,17-19,21H,4-5,8,11-15H2,1-3H3,(H,35,36)/t17-,18+,21?,28?/m1/s1. The van der Waals surface area contributed by atoms with Gasteiger partial charge in [0.05, 0.1) is 5.41 Å². The second-order valence-corrected chi connectivity index (χ2v) is 12.5. The number of anilines is 1. The predicted molar refractivity (Wildman–Crippen MR) is 148 cm³/mol. The van der Waals surface area contributed by atoms with Gasteiger partial charge in [0.1, 0.15) is 22.8 Å². The van der Waals surface area contributed by atoms with Gasteiger partial charge >= 0.3 is 5.97 Å². The Kier molecular flexibility index (Phi) is 7.58. The zero-order chi connectivity index (χ0) is 26.5. The van der Waals surface area contributed by atoms with E-state index < -0.39 is 11.4 Å². The molecule has 0 bridgehead atoms. The highest BCUT2D eigenvalue weighted by atomic mass is 35.5. The highest BCUT2D eigenvalue weighted by molar-refractivity contribution is 6.35. The van der Waals surface area contributed by atoms with Crippen molar-refractivity contribution in [2.75, 3.05) is 31.1 Å². The quantitative estimate of drug-likeness (QED) is 0.368. The zero-order valence-electron chi connectivity index (χ0n) is 21.5. The van der Waals surface area contributed by atoms with E-state index in [-0.39, 0.29) is 6.10 Å². The Morgan fingerprint density at radius 3 is 2.57 bits per heavy atom. The van der Waals surface area contributed by atoms with Crippen molar-refractivity contribution in [3.63, 3.8) is 0 Å². The molecule has 6 nitrogen and oxygen atoms in total. The number of pyridine rings is 1. The van der Waals surface area contributed by atoms with E-state index in [0.29, 0.717) is 38.8 Å². The van der Waals surface area contributed by atoms with Crippen molar-refractivity contribution in [1.29, 1.82) is 0 Å². The molecule has 2 aliphatic heterocycles. The molecule has 3 fully saturated rings. The molecule has 1 aromatic carbocycles. The number of carbonyl (C=O) groups is 1. The lowest BCUT2D eigenvalue weighted by Crippen LogP contribution is -2.58. The Morgan fingerprint density at radius 2 is 1.89 bits per heavy atom.